The predicted octanol–water partition coefficient (Wildman–Crippen LogP) is 2.25. The molecule has 0 saturated heterocycles. The van der Waals surface area contributed by atoms with E-state index in [9.17, 15) is 9.59 Å². The average Bonchev–Trinajstić information content (AvgIpc) is 2.43. The van der Waals surface area contributed by atoms with Crippen molar-refractivity contribution in [1.29, 1.82) is 0 Å². The highest BCUT2D eigenvalue weighted by Crippen LogP contribution is 2.10. The second kappa shape index (κ2) is 7.53. The van der Waals surface area contributed by atoms with Gasteiger partial charge >= 0.3 is 0 Å². The Bertz CT molecular complexity index is 420. The molecule has 0 unspecified atom stereocenters. The Kier molecular flexibility index (Phi) is 6.02. The molecule has 0 fully saturated rings. The van der Waals surface area contributed by atoms with Gasteiger partial charge in [-0.2, -0.15) is 0 Å². The summed E-state index contributed by atoms with van der Waals surface area (Å²) in [6.07, 6.45) is 1.74. The number of benzene rings is 1. The smallest absolute Gasteiger partial charge is 0.273 e. The fourth-order valence-corrected chi connectivity index (χ4v) is 1.67. The van der Waals surface area contributed by atoms with Crippen LogP contribution in [-0.2, 0) is 9.63 Å². The first-order valence-electron chi connectivity index (χ1n) is 6.33. The van der Waals surface area contributed by atoms with Gasteiger partial charge in [-0.25, -0.2) is 5.01 Å². The zero-order valence-corrected chi connectivity index (χ0v) is 11.6. The average molecular weight is 264 g/mol. The molecule has 19 heavy (non-hydrogen) atoms. The van der Waals surface area contributed by atoms with Crippen LogP contribution in [0.2, 0.25) is 0 Å². The topological polar surface area (TPSA) is 49.9 Å². The summed E-state index contributed by atoms with van der Waals surface area (Å²) in [5.74, 6) is -0.575. The van der Waals surface area contributed by atoms with Crippen molar-refractivity contribution in [1.82, 2.24) is 10.2 Å². The van der Waals surface area contributed by atoms with Crippen LogP contribution in [0, 0.1) is 0 Å². The van der Waals surface area contributed by atoms with Crippen molar-refractivity contribution < 1.29 is 14.4 Å². The van der Waals surface area contributed by atoms with Crippen LogP contribution in [0.15, 0.2) is 30.3 Å². The molecule has 0 aliphatic heterocycles. The lowest BCUT2D eigenvalue weighted by Gasteiger charge is -2.31. The molecule has 0 radical (unpaired) electrons. The molecule has 104 valence electrons. The molecule has 0 saturated carbocycles. The van der Waals surface area contributed by atoms with Gasteiger partial charge in [0.15, 0.2) is 0 Å². The van der Waals surface area contributed by atoms with E-state index in [0.717, 1.165) is 18.0 Å². The molecular weight excluding hydrogens is 244 g/mol. The molecule has 0 aromatic heterocycles. The number of carbonyl (C=O) groups is 2. The Hall–Kier alpha value is -1.88. The summed E-state index contributed by atoms with van der Waals surface area (Å²) in [5, 5.41) is 2.34. The van der Waals surface area contributed by atoms with Crippen LogP contribution >= 0.6 is 0 Å². The van der Waals surface area contributed by atoms with Crippen molar-refractivity contribution in [3.63, 3.8) is 0 Å². The number of amides is 2. The number of carbonyl (C=O) groups excluding carboxylic acids is 2. The van der Waals surface area contributed by atoms with Gasteiger partial charge in [-0.05, 0) is 18.6 Å². The monoisotopic (exact) mass is 264 g/mol. The van der Waals surface area contributed by atoms with E-state index in [-0.39, 0.29) is 11.8 Å². The summed E-state index contributed by atoms with van der Waals surface area (Å²) in [6, 6.07) is 8.74. The molecule has 1 aromatic rings. The van der Waals surface area contributed by atoms with Crippen LogP contribution in [-0.4, -0.2) is 35.7 Å². The van der Waals surface area contributed by atoms with E-state index in [0.29, 0.717) is 12.1 Å². The minimum Gasteiger partial charge on any atom is -0.273 e. The van der Waals surface area contributed by atoms with E-state index in [1.807, 2.05) is 13.0 Å². The van der Waals surface area contributed by atoms with Crippen LogP contribution in [0.25, 0.3) is 0 Å². The van der Waals surface area contributed by atoms with Gasteiger partial charge in [0.05, 0.1) is 7.11 Å². The molecule has 0 bridgehead atoms. The van der Waals surface area contributed by atoms with Crippen molar-refractivity contribution in [3.05, 3.63) is 35.9 Å². The van der Waals surface area contributed by atoms with E-state index in [4.69, 9.17) is 4.84 Å². The second-order valence-corrected chi connectivity index (χ2v) is 4.12. The largest absolute Gasteiger partial charge is 0.297 e. The summed E-state index contributed by atoms with van der Waals surface area (Å²) in [6.45, 7) is 3.90. The molecule has 1 rings (SSSR count). The van der Waals surface area contributed by atoms with Gasteiger partial charge in [0.1, 0.15) is 0 Å². The van der Waals surface area contributed by atoms with Crippen LogP contribution in [0.4, 0.5) is 0 Å². The maximum absolute atomic E-state index is 12.3. The first kappa shape index (κ1) is 15.2. The number of hydrazine groups is 1. The fourth-order valence-electron chi connectivity index (χ4n) is 1.67. The lowest BCUT2D eigenvalue weighted by atomic mass is 10.2. The highest BCUT2D eigenvalue weighted by molar-refractivity contribution is 5.94. The number of hydrogen-bond donors (Lipinski definition) is 0. The number of hydroxylamine groups is 1. The molecular formula is C14H20N2O3. The Morgan fingerprint density at radius 1 is 1.21 bits per heavy atom. The lowest BCUT2D eigenvalue weighted by Crippen LogP contribution is -2.48. The Morgan fingerprint density at radius 3 is 2.32 bits per heavy atom. The van der Waals surface area contributed by atoms with Crippen LogP contribution in [0.1, 0.15) is 37.0 Å². The SMILES string of the molecule is CCCCN(C(C)=O)N(OC)C(=O)c1ccccc1. The van der Waals surface area contributed by atoms with E-state index < -0.39 is 0 Å². The zero-order valence-electron chi connectivity index (χ0n) is 11.6. The molecule has 5 nitrogen and oxygen atoms in total. The van der Waals surface area contributed by atoms with Crippen molar-refractivity contribution in [2.24, 2.45) is 0 Å². The van der Waals surface area contributed by atoms with Gasteiger partial charge in [-0.15, -0.1) is 5.17 Å². The Labute approximate surface area is 113 Å². The lowest BCUT2D eigenvalue weighted by molar-refractivity contribution is -0.224. The van der Waals surface area contributed by atoms with Gasteiger partial charge < -0.3 is 0 Å². The second-order valence-electron chi connectivity index (χ2n) is 4.12. The molecule has 0 atom stereocenters. The fraction of sp³-hybridized carbons (Fsp3) is 0.429. The van der Waals surface area contributed by atoms with Gasteiger partial charge in [0, 0.05) is 19.0 Å². The van der Waals surface area contributed by atoms with Crippen LogP contribution in [0.5, 0.6) is 0 Å². The van der Waals surface area contributed by atoms with Crippen molar-refractivity contribution in [2.75, 3.05) is 13.7 Å². The first-order valence-corrected chi connectivity index (χ1v) is 6.33. The molecule has 0 aliphatic rings. The number of hydrogen-bond acceptors (Lipinski definition) is 3. The minimum absolute atomic E-state index is 0.223. The van der Waals surface area contributed by atoms with Gasteiger partial charge in [0.2, 0.25) is 5.91 Å². The highest BCUT2D eigenvalue weighted by Gasteiger charge is 2.24. The highest BCUT2D eigenvalue weighted by atomic mass is 16.7. The zero-order chi connectivity index (χ0) is 14.3. The summed E-state index contributed by atoms with van der Waals surface area (Å²) < 4.78 is 0. The van der Waals surface area contributed by atoms with E-state index >= 15 is 0 Å². The number of nitrogens with zero attached hydrogens (tertiary/aromatic N) is 2. The Balaban J connectivity index is 2.90. The predicted molar refractivity (Wildman–Crippen MR) is 71.9 cm³/mol. The van der Waals surface area contributed by atoms with Gasteiger partial charge in [-0.3, -0.25) is 14.4 Å². The van der Waals surface area contributed by atoms with Gasteiger partial charge in [-0.1, -0.05) is 31.5 Å². The molecule has 0 heterocycles. The van der Waals surface area contributed by atoms with Crippen molar-refractivity contribution in [2.45, 2.75) is 26.7 Å². The van der Waals surface area contributed by atoms with Gasteiger partial charge in [0.25, 0.3) is 5.91 Å². The third-order valence-corrected chi connectivity index (χ3v) is 2.67. The third-order valence-electron chi connectivity index (χ3n) is 2.67. The minimum atomic E-state index is -0.352. The Morgan fingerprint density at radius 2 is 1.84 bits per heavy atom. The molecule has 0 N–H and O–H groups in total. The van der Waals surface area contributed by atoms with E-state index in [1.165, 1.54) is 19.0 Å². The molecule has 1 aromatic carbocycles. The molecule has 2 amide bonds. The van der Waals surface area contributed by atoms with E-state index in [2.05, 4.69) is 0 Å². The maximum atomic E-state index is 12.3. The van der Waals surface area contributed by atoms with E-state index in [1.54, 1.807) is 24.3 Å². The van der Waals surface area contributed by atoms with Crippen LogP contribution < -0.4 is 0 Å². The number of rotatable bonds is 5. The summed E-state index contributed by atoms with van der Waals surface area (Å²) in [4.78, 5) is 29.0. The molecule has 0 aliphatic carbocycles. The van der Waals surface area contributed by atoms with Crippen molar-refractivity contribution in [3.8, 4) is 0 Å². The first-order chi connectivity index (χ1) is 9.11. The normalized spacial score (nSPS) is 10.1. The summed E-state index contributed by atoms with van der Waals surface area (Å²) >= 11 is 0. The van der Waals surface area contributed by atoms with Crippen molar-refractivity contribution >= 4 is 11.8 Å². The summed E-state index contributed by atoms with van der Waals surface area (Å²) in [5.41, 5.74) is 0.479. The maximum Gasteiger partial charge on any atom is 0.297 e. The quantitative estimate of drug-likeness (QED) is 0.766. The number of unbranched alkanes of at least 4 members (excludes halogenated alkanes) is 1. The standard InChI is InChI=1S/C14H20N2O3/c1-4-5-11-15(12(2)17)16(19-3)14(18)13-9-7-6-8-10-13/h6-10H,4-5,11H2,1-3H3. The molecule has 0 spiro atoms. The van der Waals surface area contributed by atoms with Crippen LogP contribution in [0.3, 0.4) is 0 Å². The third kappa shape index (κ3) is 4.06. The summed E-state index contributed by atoms with van der Waals surface area (Å²) in [7, 11) is 1.38. The molecule has 5 heteroatoms.